The maximum atomic E-state index is 12.3. The topological polar surface area (TPSA) is 80.8 Å². The van der Waals surface area contributed by atoms with Crippen LogP contribution in [0.3, 0.4) is 0 Å². The van der Waals surface area contributed by atoms with Crippen molar-refractivity contribution in [3.05, 3.63) is 48.0 Å². The minimum Gasteiger partial charge on any atom is -0.494 e. The fourth-order valence-electron chi connectivity index (χ4n) is 2.91. The van der Waals surface area contributed by atoms with E-state index in [2.05, 4.69) is 10.3 Å². The number of ether oxygens (including phenoxy) is 2. The highest BCUT2D eigenvalue weighted by Crippen LogP contribution is 2.29. The predicted octanol–water partition coefficient (Wildman–Crippen LogP) is 4.19. The van der Waals surface area contributed by atoms with Crippen LogP contribution in [0.25, 0.3) is 10.2 Å². The zero-order valence-electron chi connectivity index (χ0n) is 17.3. The van der Waals surface area contributed by atoms with Gasteiger partial charge in [0.1, 0.15) is 11.5 Å². The third kappa shape index (κ3) is 5.27. The van der Waals surface area contributed by atoms with E-state index in [0.717, 1.165) is 16.0 Å². The Morgan fingerprint density at radius 2 is 1.70 bits per heavy atom. The molecule has 0 saturated heterocycles. The highest BCUT2D eigenvalue weighted by Gasteiger charge is 2.13. The molecule has 0 fully saturated rings. The Morgan fingerprint density at radius 3 is 2.37 bits per heavy atom. The minimum atomic E-state index is -0.303. The van der Waals surface area contributed by atoms with Crippen LogP contribution in [0, 0.1) is 0 Å². The van der Waals surface area contributed by atoms with Crippen molar-refractivity contribution in [2.24, 2.45) is 0 Å². The molecule has 1 N–H and O–H groups in total. The molecule has 30 heavy (non-hydrogen) atoms. The van der Waals surface area contributed by atoms with Gasteiger partial charge in [0, 0.05) is 18.7 Å². The molecule has 0 bridgehead atoms. The minimum absolute atomic E-state index is 0.0207. The van der Waals surface area contributed by atoms with Gasteiger partial charge in [-0.15, -0.1) is 0 Å². The summed E-state index contributed by atoms with van der Waals surface area (Å²) in [6.07, 6.45) is 0. The quantitative estimate of drug-likeness (QED) is 0.554. The van der Waals surface area contributed by atoms with E-state index in [1.54, 1.807) is 29.2 Å². The second-order valence-corrected chi connectivity index (χ2v) is 7.45. The molecule has 0 unspecified atom stereocenters. The van der Waals surface area contributed by atoms with Gasteiger partial charge in [0.15, 0.2) is 11.7 Å². The van der Waals surface area contributed by atoms with E-state index in [9.17, 15) is 9.59 Å². The molecule has 3 aromatic rings. The summed E-state index contributed by atoms with van der Waals surface area (Å²) < 4.78 is 12.0. The standard InChI is InChI=1S/C22H25N3O4S/c1-4-25(5-2)21(27)15-7-9-16(10-8-15)29-14-20(26)24-22-23-18-12-11-17(28-6-3)13-19(18)30-22/h7-13H,4-6,14H2,1-3H3,(H,23,24,26). The Morgan fingerprint density at radius 1 is 1.00 bits per heavy atom. The molecule has 158 valence electrons. The van der Waals surface area contributed by atoms with E-state index in [4.69, 9.17) is 9.47 Å². The fraction of sp³-hybridized carbons (Fsp3) is 0.318. The van der Waals surface area contributed by atoms with Crippen LogP contribution in [0.4, 0.5) is 5.13 Å². The first kappa shape index (κ1) is 21.6. The van der Waals surface area contributed by atoms with Crippen molar-refractivity contribution in [1.82, 2.24) is 9.88 Å². The maximum absolute atomic E-state index is 12.3. The summed E-state index contributed by atoms with van der Waals surface area (Å²) in [4.78, 5) is 30.7. The molecule has 0 aliphatic rings. The number of carbonyl (C=O) groups excluding carboxylic acids is 2. The van der Waals surface area contributed by atoms with Crippen LogP contribution in [0.2, 0.25) is 0 Å². The number of fused-ring (bicyclic) bond motifs is 1. The van der Waals surface area contributed by atoms with Crippen molar-refractivity contribution in [3.8, 4) is 11.5 Å². The molecule has 0 radical (unpaired) electrons. The lowest BCUT2D eigenvalue weighted by atomic mass is 10.2. The van der Waals surface area contributed by atoms with Gasteiger partial charge in [-0.1, -0.05) is 11.3 Å². The Labute approximate surface area is 179 Å². The van der Waals surface area contributed by atoms with Gasteiger partial charge in [-0.25, -0.2) is 4.98 Å². The largest absolute Gasteiger partial charge is 0.494 e. The summed E-state index contributed by atoms with van der Waals surface area (Å²) in [6.45, 7) is 7.58. The molecule has 1 heterocycles. The lowest BCUT2D eigenvalue weighted by Gasteiger charge is -2.18. The number of carbonyl (C=O) groups is 2. The molecule has 0 saturated carbocycles. The Hall–Kier alpha value is -3.13. The molecule has 8 heteroatoms. The normalized spacial score (nSPS) is 10.6. The number of anilines is 1. The molecule has 1 aromatic heterocycles. The smallest absolute Gasteiger partial charge is 0.264 e. The average Bonchev–Trinajstić information content (AvgIpc) is 3.15. The van der Waals surface area contributed by atoms with E-state index in [0.29, 0.717) is 36.1 Å². The molecule has 0 atom stereocenters. The summed E-state index contributed by atoms with van der Waals surface area (Å²) in [5, 5.41) is 3.26. The van der Waals surface area contributed by atoms with Crippen molar-refractivity contribution in [2.75, 3.05) is 31.6 Å². The third-order valence-corrected chi connectivity index (χ3v) is 5.37. The molecular weight excluding hydrogens is 402 g/mol. The predicted molar refractivity (Wildman–Crippen MR) is 119 cm³/mol. The summed E-state index contributed by atoms with van der Waals surface area (Å²) >= 11 is 1.38. The van der Waals surface area contributed by atoms with Crippen molar-refractivity contribution in [2.45, 2.75) is 20.8 Å². The molecule has 0 spiro atoms. The van der Waals surface area contributed by atoms with Gasteiger partial charge in [-0.05, 0) is 63.2 Å². The Balaban J connectivity index is 1.55. The summed E-state index contributed by atoms with van der Waals surface area (Å²) in [5.41, 5.74) is 1.39. The Bertz CT molecular complexity index is 1010. The van der Waals surface area contributed by atoms with E-state index in [-0.39, 0.29) is 18.4 Å². The van der Waals surface area contributed by atoms with E-state index in [1.165, 1.54) is 11.3 Å². The van der Waals surface area contributed by atoms with Crippen LogP contribution in [0.5, 0.6) is 11.5 Å². The Kier molecular flexibility index (Phi) is 7.24. The van der Waals surface area contributed by atoms with Gasteiger partial charge in [0.2, 0.25) is 0 Å². The third-order valence-electron chi connectivity index (χ3n) is 4.44. The van der Waals surface area contributed by atoms with Gasteiger partial charge >= 0.3 is 0 Å². The summed E-state index contributed by atoms with van der Waals surface area (Å²) in [5.74, 6) is 0.972. The SMILES string of the molecule is CCOc1ccc2nc(NC(=O)COc3ccc(C(=O)N(CC)CC)cc3)sc2c1. The number of nitrogens with zero attached hydrogens (tertiary/aromatic N) is 2. The van der Waals surface area contributed by atoms with E-state index < -0.39 is 0 Å². The summed E-state index contributed by atoms with van der Waals surface area (Å²) in [7, 11) is 0. The molecule has 0 aliphatic carbocycles. The second-order valence-electron chi connectivity index (χ2n) is 6.42. The number of nitrogens with one attached hydrogen (secondary N) is 1. The molecule has 0 aliphatic heterocycles. The molecule has 2 aromatic carbocycles. The van der Waals surface area contributed by atoms with Gasteiger partial charge in [-0.3, -0.25) is 14.9 Å². The van der Waals surface area contributed by atoms with Crippen molar-refractivity contribution in [3.63, 3.8) is 0 Å². The number of rotatable bonds is 9. The van der Waals surface area contributed by atoms with Gasteiger partial charge in [0.05, 0.1) is 16.8 Å². The molecule has 7 nitrogen and oxygen atoms in total. The molecule has 3 rings (SSSR count). The zero-order chi connectivity index (χ0) is 21.5. The van der Waals surface area contributed by atoms with Crippen LogP contribution in [0.1, 0.15) is 31.1 Å². The number of benzene rings is 2. The monoisotopic (exact) mass is 427 g/mol. The number of hydrogen-bond donors (Lipinski definition) is 1. The first-order chi connectivity index (χ1) is 14.5. The van der Waals surface area contributed by atoms with E-state index in [1.807, 2.05) is 39.0 Å². The van der Waals surface area contributed by atoms with Gasteiger partial charge in [-0.2, -0.15) is 0 Å². The van der Waals surface area contributed by atoms with Crippen LogP contribution in [0.15, 0.2) is 42.5 Å². The second kappa shape index (κ2) is 10.1. The lowest BCUT2D eigenvalue weighted by molar-refractivity contribution is -0.118. The first-order valence-corrected chi connectivity index (χ1v) is 10.7. The fourth-order valence-corrected chi connectivity index (χ4v) is 3.82. The van der Waals surface area contributed by atoms with Crippen molar-refractivity contribution >= 4 is 38.5 Å². The van der Waals surface area contributed by atoms with Crippen LogP contribution in [-0.2, 0) is 4.79 Å². The number of aromatic nitrogens is 1. The number of amides is 2. The zero-order valence-corrected chi connectivity index (χ0v) is 18.1. The first-order valence-electron chi connectivity index (χ1n) is 9.89. The van der Waals surface area contributed by atoms with Gasteiger partial charge < -0.3 is 14.4 Å². The highest BCUT2D eigenvalue weighted by molar-refractivity contribution is 7.22. The molecular formula is C22H25N3O4S. The number of hydrogen-bond acceptors (Lipinski definition) is 6. The summed E-state index contributed by atoms with van der Waals surface area (Å²) in [6, 6.07) is 12.4. The van der Waals surface area contributed by atoms with Crippen LogP contribution >= 0.6 is 11.3 Å². The van der Waals surface area contributed by atoms with Gasteiger partial charge in [0.25, 0.3) is 11.8 Å². The molecule has 2 amide bonds. The highest BCUT2D eigenvalue weighted by atomic mass is 32.1. The lowest BCUT2D eigenvalue weighted by Crippen LogP contribution is -2.30. The average molecular weight is 428 g/mol. The van der Waals surface area contributed by atoms with Crippen LogP contribution < -0.4 is 14.8 Å². The van der Waals surface area contributed by atoms with Crippen LogP contribution in [-0.4, -0.2) is 48.0 Å². The van der Waals surface area contributed by atoms with Crippen molar-refractivity contribution in [1.29, 1.82) is 0 Å². The maximum Gasteiger partial charge on any atom is 0.264 e. The number of thiazole rings is 1. The van der Waals surface area contributed by atoms with E-state index >= 15 is 0 Å². The van der Waals surface area contributed by atoms with Crippen molar-refractivity contribution < 1.29 is 19.1 Å².